The van der Waals surface area contributed by atoms with Gasteiger partial charge in [0.1, 0.15) is 5.75 Å². The maximum atomic E-state index is 13.8. The maximum absolute atomic E-state index is 13.8. The third kappa shape index (κ3) is 4.80. The van der Waals surface area contributed by atoms with Gasteiger partial charge >= 0.3 is 18.5 Å². The number of aliphatic carboxylic acids is 1. The molecule has 34 heavy (non-hydrogen) atoms. The number of fused-ring (bicyclic) bond motifs is 3. The zero-order valence-electron chi connectivity index (χ0n) is 16.6. The van der Waals surface area contributed by atoms with Crippen LogP contribution >= 0.6 is 23.4 Å². The van der Waals surface area contributed by atoms with Crippen LogP contribution < -0.4 is 4.74 Å². The average molecular weight is 524 g/mol. The Morgan fingerprint density at radius 2 is 1.79 bits per heavy atom. The molecule has 0 saturated carbocycles. The highest BCUT2D eigenvalue weighted by Gasteiger charge is 2.44. The fourth-order valence-corrected chi connectivity index (χ4v) is 5.32. The monoisotopic (exact) mass is 523 g/mol. The highest BCUT2D eigenvalue weighted by atomic mass is 35.5. The number of benzene rings is 2. The van der Waals surface area contributed by atoms with Crippen molar-refractivity contribution in [3.05, 3.63) is 70.3 Å². The maximum Gasteiger partial charge on any atom is 0.573 e. The van der Waals surface area contributed by atoms with E-state index in [9.17, 15) is 36.2 Å². The molecular formula is C20H12ClF6N3O3S. The van der Waals surface area contributed by atoms with E-state index in [-0.39, 0.29) is 27.7 Å². The number of thioether (sulfide) groups is 1. The molecule has 0 radical (unpaired) electrons. The largest absolute Gasteiger partial charge is 0.573 e. The molecule has 4 rings (SSSR count). The average Bonchev–Trinajstić information content (AvgIpc) is 3.11. The summed E-state index contributed by atoms with van der Waals surface area (Å²) in [5.41, 5.74) is -0.0184. The Balaban J connectivity index is 2.00. The molecule has 2 atom stereocenters. The Morgan fingerprint density at radius 1 is 1.09 bits per heavy atom. The number of hydrogen-bond donors (Lipinski definition) is 1. The van der Waals surface area contributed by atoms with Crippen molar-refractivity contribution in [1.82, 2.24) is 14.8 Å². The van der Waals surface area contributed by atoms with Gasteiger partial charge in [0.25, 0.3) is 0 Å². The van der Waals surface area contributed by atoms with Gasteiger partial charge in [-0.25, -0.2) is 0 Å². The lowest BCUT2D eigenvalue weighted by atomic mass is 10.0. The van der Waals surface area contributed by atoms with Gasteiger partial charge in [-0.15, -0.1) is 35.1 Å². The van der Waals surface area contributed by atoms with E-state index in [2.05, 4.69) is 14.9 Å². The molecule has 2 aromatic carbocycles. The van der Waals surface area contributed by atoms with Crippen molar-refractivity contribution >= 4 is 29.3 Å². The third-order valence-corrected chi connectivity index (χ3v) is 6.55. The van der Waals surface area contributed by atoms with Crippen LogP contribution in [0.25, 0.3) is 5.69 Å². The molecule has 0 aliphatic carbocycles. The number of para-hydroxylation sites is 1. The number of hydrogen-bond acceptors (Lipinski definition) is 5. The zero-order chi connectivity index (χ0) is 24.8. The minimum atomic E-state index is -5.04. The molecule has 14 heteroatoms. The standard InChI is InChI=1S/C20H12ClF6N3O3S/c21-9-5-6-12-11(7-9)16(10-3-1-2-4-13(10)33-20(25,26)27)34-14(8-15(31)32)17-28-29-18(30(12)17)19(22,23)24/h1-7,14,16H,8H2,(H,31,32). The zero-order valence-corrected chi connectivity index (χ0v) is 18.1. The molecule has 0 amide bonds. The van der Waals surface area contributed by atoms with E-state index >= 15 is 0 Å². The number of aromatic nitrogens is 3. The van der Waals surface area contributed by atoms with E-state index in [1.165, 1.54) is 36.4 Å². The first-order valence-corrected chi connectivity index (χ1v) is 10.7. The van der Waals surface area contributed by atoms with Crippen LogP contribution in [0.15, 0.2) is 42.5 Å². The van der Waals surface area contributed by atoms with E-state index in [1.807, 2.05) is 0 Å². The van der Waals surface area contributed by atoms with Crippen molar-refractivity contribution in [3.63, 3.8) is 0 Å². The third-order valence-electron chi connectivity index (χ3n) is 4.83. The molecule has 0 saturated heterocycles. The van der Waals surface area contributed by atoms with Crippen LogP contribution in [0, 0.1) is 0 Å². The molecule has 3 aromatic rings. The lowest BCUT2D eigenvalue weighted by Gasteiger charge is -2.23. The smallest absolute Gasteiger partial charge is 0.481 e. The number of alkyl halides is 6. The first kappa shape index (κ1) is 24.2. The Morgan fingerprint density at radius 3 is 2.44 bits per heavy atom. The van der Waals surface area contributed by atoms with Crippen LogP contribution in [0.4, 0.5) is 26.3 Å². The minimum absolute atomic E-state index is 0.0315. The number of halogens is 7. The first-order valence-electron chi connectivity index (χ1n) is 9.39. The Kier molecular flexibility index (Phi) is 6.19. The van der Waals surface area contributed by atoms with Crippen LogP contribution in [-0.4, -0.2) is 32.2 Å². The van der Waals surface area contributed by atoms with Gasteiger partial charge in [0, 0.05) is 10.6 Å². The Hall–Kier alpha value is -2.93. The van der Waals surface area contributed by atoms with Crippen LogP contribution in [0.2, 0.25) is 5.02 Å². The molecule has 1 aliphatic heterocycles. The summed E-state index contributed by atoms with van der Waals surface area (Å²) in [5, 5.41) is 14.1. The second-order valence-electron chi connectivity index (χ2n) is 7.11. The summed E-state index contributed by atoms with van der Waals surface area (Å²) >= 11 is 6.92. The summed E-state index contributed by atoms with van der Waals surface area (Å²) in [6, 6.07) is 8.99. The number of ether oxygens (including phenoxy) is 1. The van der Waals surface area contributed by atoms with E-state index in [0.717, 1.165) is 17.8 Å². The highest BCUT2D eigenvalue weighted by Crippen LogP contribution is 2.53. The predicted octanol–water partition coefficient (Wildman–Crippen LogP) is 6.19. The molecule has 1 N–H and O–H groups in total. The fourth-order valence-electron chi connectivity index (χ4n) is 3.62. The lowest BCUT2D eigenvalue weighted by molar-refractivity contribution is -0.274. The van der Waals surface area contributed by atoms with Crippen LogP contribution in [0.1, 0.15) is 39.7 Å². The van der Waals surface area contributed by atoms with Crippen molar-refractivity contribution in [3.8, 4) is 11.4 Å². The summed E-state index contributed by atoms with van der Waals surface area (Å²) in [7, 11) is 0. The number of nitrogens with zero attached hydrogens (tertiary/aromatic N) is 3. The predicted molar refractivity (Wildman–Crippen MR) is 109 cm³/mol. The van der Waals surface area contributed by atoms with Crippen molar-refractivity contribution in [2.75, 3.05) is 0 Å². The van der Waals surface area contributed by atoms with Crippen molar-refractivity contribution < 1.29 is 41.0 Å². The number of carboxylic acid groups (broad SMARTS) is 1. The van der Waals surface area contributed by atoms with Gasteiger partial charge in [-0.1, -0.05) is 29.8 Å². The van der Waals surface area contributed by atoms with Crippen molar-refractivity contribution in [1.29, 1.82) is 0 Å². The number of carbonyl (C=O) groups is 1. The van der Waals surface area contributed by atoms with E-state index < -0.39 is 47.0 Å². The summed E-state index contributed by atoms with van der Waals surface area (Å²) in [4.78, 5) is 11.5. The molecule has 0 spiro atoms. The topological polar surface area (TPSA) is 77.2 Å². The summed E-state index contributed by atoms with van der Waals surface area (Å²) < 4.78 is 85.3. The minimum Gasteiger partial charge on any atom is -0.481 e. The second-order valence-corrected chi connectivity index (χ2v) is 8.86. The summed E-state index contributed by atoms with van der Waals surface area (Å²) in [6.45, 7) is 0. The van der Waals surface area contributed by atoms with Crippen molar-refractivity contribution in [2.45, 2.75) is 29.5 Å². The summed E-state index contributed by atoms with van der Waals surface area (Å²) in [5.74, 6) is -3.63. The molecule has 0 fully saturated rings. The molecule has 2 unspecified atom stereocenters. The van der Waals surface area contributed by atoms with Crippen molar-refractivity contribution in [2.24, 2.45) is 0 Å². The summed E-state index contributed by atoms with van der Waals surface area (Å²) in [6.07, 6.45) is -10.7. The number of carboxylic acids is 1. The Labute approximate surface area is 196 Å². The van der Waals surface area contributed by atoms with Gasteiger partial charge < -0.3 is 9.84 Å². The molecule has 0 bridgehead atoms. The van der Waals surface area contributed by atoms with Gasteiger partial charge in [0.2, 0.25) is 5.82 Å². The molecular weight excluding hydrogens is 512 g/mol. The second kappa shape index (κ2) is 8.69. The van der Waals surface area contributed by atoms with E-state index in [4.69, 9.17) is 11.6 Å². The van der Waals surface area contributed by atoms with Gasteiger partial charge in [-0.3, -0.25) is 9.36 Å². The SMILES string of the molecule is O=C(O)CC1SC(c2ccccc2OC(F)(F)F)c2cc(Cl)ccc2-n2c1nnc2C(F)(F)F. The van der Waals surface area contributed by atoms with Gasteiger partial charge in [0.05, 0.1) is 22.6 Å². The molecule has 1 aliphatic rings. The first-order chi connectivity index (χ1) is 15.8. The van der Waals surface area contributed by atoms with Crippen LogP contribution in [0.3, 0.4) is 0 Å². The molecule has 6 nitrogen and oxygen atoms in total. The molecule has 180 valence electrons. The fraction of sp³-hybridized carbons (Fsp3) is 0.250. The van der Waals surface area contributed by atoms with Gasteiger partial charge in [-0.2, -0.15) is 13.2 Å². The van der Waals surface area contributed by atoms with Crippen LogP contribution in [0.5, 0.6) is 5.75 Å². The van der Waals surface area contributed by atoms with Crippen LogP contribution in [-0.2, 0) is 11.0 Å². The van der Waals surface area contributed by atoms with E-state index in [0.29, 0.717) is 4.57 Å². The van der Waals surface area contributed by atoms with Gasteiger partial charge in [0.15, 0.2) is 5.82 Å². The lowest BCUT2D eigenvalue weighted by Crippen LogP contribution is -2.19. The highest BCUT2D eigenvalue weighted by molar-refractivity contribution is 8.00. The normalized spacial score (nSPS) is 18.1. The van der Waals surface area contributed by atoms with Gasteiger partial charge in [-0.05, 0) is 29.8 Å². The quantitative estimate of drug-likeness (QED) is 0.411. The Bertz CT molecular complexity index is 1250. The molecule has 2 heterocycles. The molecule has 1 aromatic heterocycles. The number of rotatable bonds is 4. The van der Waals surface area contributed by atoms with E-state index in [1.54, 1.807) is 0 Å².